The van der Waals surface area contributed by atoms with Crippen molar-refractivity contribution in [2.45, 2.75) is 13.5 Å². The topological polar surface area (TPSA) is 58.4 Å². The lowest BCUT2D eigenvalue weighted by Crippen LogP contribution is -2.24. The van der Waals surface area contributed by atoms with E-state index in [0.29, 0.717) is 6.54 Å². The number of aromatic nitrogens is 2. The Bertz CT molecular complexity index is 388. The van der Waals surface area contributed by atoms with E-state index < -0.39 is 5.97 Å². The van der Waals surface area contributed by atoms with Crippen LogP contribution in [0.15, 0.2) is 12.4 Å². The first-order valence-electron chi connectivity index (χ1n) is 5.49. The Labute approximate surface area is 94.7 Å². The Hall–Kier alpha value is -1.36. The van der Waals surface area contributed by atoms with E-state index >= 15 is 0 Å². The number of carboxylic acid groups (broad SMARTS) is 1. The van der Waals surface area contributed by atoms with Crippen LogP contribution in [0.4, 0.5) is 0 Å². The second kappa shape index (κ2) is 4.25. The SMILES string of the molecule is CC1CN(Cc2nccn2C)CC1C(=O)O. The summed E-state index contributed by atoms with van der Waals surface area (Å²) < 4.78 is 1.97. The minimum Gasteiger partial charge on any atom is -0.481 e. The van der Waals surface area contributed by atoms with Crippen molar-refractivity contribution in [1.29, 1.82) is 0 Å². The number of hydrogen-bond acceptors (Lipinski definition) is 3. The van der Waals surface area contributed by atoms with Crippen molar-refractivity contribution in [2.75, 3.05) is 13.1 Å². The Kier molecular flexibility index (Phi) is 2.96. The lowest BCUT2D eigenvalue weighted by Gasteiger charge is -2.14. The molecule has 5 heteroatoms. The highest BCUT2D eigenvalue weighted by molar-refractivity contribution is 5.71. The maximum atomic E-state index is 11.0. The van der Waals surface area contributed by atoms with Gasteiger partial charge in [-0.15, -0.1) is 0 Å². The molecule has 1 fully saturated rings. The van der Waals surface area contributed by atoms with Crippen LogP contribution in [0.25, 0.3) is 0 Å². The molecular formula is C11H17N3O2. The molecule has 2 atom stereocenters. The van der Waals surface area contributed by atoms with E-state index in [0.717, 1.165) is 18.9 Å². The Morgan fingerprint density at radius 3 is 2.88 bits per heavy atom. The summed E-state index contributed by atoms with van der Waals surface area (Å²) in [5.74, 6) is 0.283. The van der Waals surface area contributed by atoms with Crippen molar-refractivity contribution in [1.82, 2.24) is 14.5 Å². The summed E-state index contributed by atoms with van der Waals surface area (Å²) in [5, 5.41) is 9.03. The summed E-state index contributed by atoms with van der Waals surface area (Å²) in [6.45, 7) is 4.20. The third kappa shape index (κ3) is 2.09. The van der Waals surface area contributed by atoms with Crippen molar-refractivity contribution in [3.8, 4) is 0 Å². The number of aliphatic carboxylic acids is 1. The zero-order valence-corrected chi connectivity index (χ0v) is 9.63. The molecule has 0 radical (unpaired) electrons. The zero-order chi connectivity index (χ0) is 11.7. The fraction of sp³-hybridized carbons (Fsp3) is 0.636. The minimum absolute atomic E-state index is 0.220. The van der Waals surface area contributed by atoms with Gasteiger partial charge in [-0.2, -0.15) is 0 Å². The van der Waals surface area contributed by atoms with E-state index in [9.17, 15) is 4.79 Å². The van der Waals surface area contributed by atoms with Gasteiger partial charge in [0.2, 0.25) is 0 Å². The molecule has 1 aliphatic heterocycles. The molecule has 1 saturated heterocycles. The lowest BCUT2D eigenvalue weighted by molar-refractivity contribution is -0.142. The van der Waals surface area contributed by atoms with Crippen LogP contribution in [0, 0.1) is 11.8 Å². The van der Waals surface area contributed by atoms with Gasteiger partial charge in [-0.1, -0.05) is 6.92 Å². The smallest absolute Gasteiger partial charge is 0.308 e. The van der Waals surface area contributed by atoms with Gasteiger partial charge in [0.1, 0.15) is 5.82 Å². The van der Waals surface area contributed by atoms with E-state index in [1.807, 2.05) is 24.7 Å². The maximum absolute atomic E-state index is 11.0. The maximum Gasteiger partial charge on any atom is 0.308 e. The van der Waals surface area contributed by atoms with Crippen LogP contribution in [-0.4, -0.2) is 38.6 Å². The standard InChI is InChI=1S/C11H17N3O2/c1-8-5-14(6-9(8)11(15)16)7-10-12-3-4-13(10)2/h3-4,8-9H,5-7H2,1-2H3,(H,15,16). The summed E-state index contributed by atoms with van der Waals surface area (Å²) in [7, 11) is 1.95. The van der Waals surface area contributed by atoms with E-state index in [-0.39, 0.29) is 11.8 Å². The summed E-state index contributed by atoms with van der Waals surface area (Å²) in [5.41, 5.74) is 0. The van der Waals surface area contributed by atoms with Crippen LogP contribution >= 0.6 is 0 Å². The number of likely N-dealkylation sites (tertiary alicyclic amines) is 1. The second-order valence-corrected chi connectivity index (χ2v) is 4.57. The molecule has 2 heterocycles. The lowest BCUT2D eigenvalue weighted by atomic mass is 9.99. The van der Waals surface area contributed by atoms with Crippen LogP contribution < -0.4 is 0 Å². The largest absolute Gasteiger partial charge is 0.481 e. The molecule has 16 heavy (non-hydrogen) atoms. The first kappa shape index (κ1) is 11.1. The number of carbonyl (C=O) groups is 1. The molecule has 5 nitrogen and oxygen atoms in total. The van der Waals surface area contributed by atoms with Gasteiger partial charge in [-0.25, -0.2) is 4.98 Å². The van der Waals surface area contributed by atoms with Gasteiger partial charge in [0.05, 0.1) is 12.5 Å². The molecule has 0 saturated carbocycles. The molecule has 2 unspecified atom stereocenters. The molecule has 0 aliphatic carbocycles. The van der Waals surface area contributed by atoms with Crippen LogP contribution in [0.1, 0.15) is 12.7 Å². The molecular weight excluding hydrogens is 206 g/mol. The fourth-order valence-corrected chi connectivity index (χ4v) is 2.27. The third-order valence-electron chi connectivity index (χ3n) is 3.29. The number of aryl methyl sites for hydroxylation is 1. The fourth-order valence-electron chi connectivity index (χ4n) is 2.27. The first-order valence-corrected chi connectivity index (χ1v) is 5.49. The van der Waals surface area contributed by atoms with Crippen molar-refractivity contribution in [3.63, 3.8) is 0 Å². The van der Waals surface area contributed by atoms with Gasteiger partial charge in [0, 0.05) is 32.5 Å². The highest BCUT2D eigenvalue weighted by atomic mass is 16.4. The van der Waals surface area contributed by atoms with Crippen LogP contribution in [0.3, 0.4) is 0 Å². The van der Waals surface area contributed by atoms with Crippen LogP contribution in [-0.2, 0) is 18.4 Å². The predicted octanol–water partition coefficient (Wildman–Crippen LogP) is 0.573. The van der Waals surface area contributed by atoms with Crippen LogP contribution in [0.2, 0.25) is 0 Å². The molecule has 88 valence electrons. The van der Waals surface area contributed by atoms with Gasteiger partial charge in [-0.05, 0) is 5.92 Å². The number of imidazole rings is 1. The second-order valence-electron chi connectivity index (χ2n) is 4.57. The molecule has 0 aromatic carbocycles. The van der Waals surface area contributed by atoms with Crippen molar-refractivity contribution in [2.24, 2.45) is 18.9 Å². The summed E-state index contributed by atoms with van der Waals surface area (Å²) >= 11 is 0. The monoisotopic (exact) mass is 223 g/mol. The molecule has 2 rings (SSSR count). The van der Waals surface area contributed by atoms with Gasteiger partial charge in [0.25, 0.3) is 0 Å². The summed E-state index contributed by atoms with van der Waals surface area (Å²) in [4.78, 5) is 17.4. The number of hydrogen-bond donors (Lipinski definition) is 1. The molecule has 1 aromatic rings. The quantitative estimate of drug-likeness (QED) is 0.814. The van der Waals surface area contributed by atoms with Crippen LogP contribution in [0.5, 0.6) is 0 Å². The molecule has 1 aliphatic rings. The predicted molar refractivity (Wildman–Crippen MR) is 58.8 cm³/mol. The van der Waals surface area contributed by atoms with Crippen molar-refractivity contribution < 1.29 is 9.90 Å². The highest BCUT2D eigenvalue weighted by Gasteiger charge is 2.34. The summed E-state index contributed by atoms with van der Waals surface area (Å²) in [6, 6.07) is 0. The van der Waals surface area contributed by atoms with E-state index in [4.69, 9.17) is 5.11 Å². The van der Waals surface area contributed by atoms with Crippen molar-refractivity contribution >= 4 is 5.97 Å². The van der Waals surface area contributed by atoms with Gasteiger partial charge >= 0.3 is 5.97 Å². The number of nitrogens with zero attached hydrogens (tertiary/aromatic N) is 3. The molecule has 1 aromatic heterocycles. The van der Waals surface area contributed by atoms with E-state index in [2.05, 4.69) is 9.88 Å². The zero-order valence-electron chi connectivity index (χ0n) is 9.63. The Balaban J connectivity index is 1.99. The van der Waals surface area contributed by atoms with Gasteiger partial charge < -0.3 is 9.67 Å². The molecule has 0 bridgehead atoms. The minimum atomic E-state index is -0.685. The van der Waals surface area contributed by atoms with E-state index in [1.54, 1.807) is 6.20 Å². The van der Waals surface area contributed by atoms with Crippen molar-refractivity contribution in [3.05, 3.63) is 18.2 Å². The third-order valence-corrected chi connectivity index (χ3v) is 3.29. The Morgan fingerprint density at radius 2 is 2.38 bits per heavy atom. The first-order chi connectivity index (χ1) is 7.58. The Morgan fingerprint density at radius 1 is 1.62 bits per heavy atom. The molecule has 1 N–H and O–H groups in total. The van der Waals surface area contributed by atoms with Gasteiger partial charge in [0.15, 0.2) is 0 Å². The molecule has 0 amide bonds. The average molecular weight is 223 g/mol. The molecule has 0 spiro atoms. The highest BCUT2D eigenvalue weighted by Crippen LogP contribution is 2.24. The van der Waals surface area contributed by atoms with Gasteiger partial charge in [-0.3, -0.25) is 9.69 Å². The normalized spacial score (nSPS) is 26.1. The number of carboxylic acids is 1. The average Bonchev–Trinajstić information content (AvgIpc) is 2.75. The summed E-state index contributed by atoms with van der Waals surface area (Å²) in [6.07, 6.45) is 3.67. The number of rotatable bonds is 3. The van der Waals surface area contributed by atoms with E-state index in [1.165, 1.54) is 0 Å².